The van der Waals surface area contributed by atoms with Crippen LogP contribution in [0.5, 0.6) is 0 Å². The van der Waals surface area contributed by atoms with E-state index in [-0.39, 0.29) is 5.41 Å². The van der Waals surface area contributed by atoms with Crippen molar-refractivity contribution in [1.29, 1.82) is 0 Å². The number of hydrogen-bond acceptors (Lipinski definition) is 2. The largest absolute Gasteiger partial charge is 0.461 e. The molecule has 0 unspecified atom stereocenters. The zero-order valence-corrected chi connectivity index (χ0v) is 20.1. The number of benzene rings is 3. The highest BCUT2D eigenvalue weighted by molar-refractivity contribution is 5.91. The van der Waals surface area contributed by atoms with E-state index >= 15 is 0 Å². The van der Waals surface area contributed by atoms with E-state index in [1.165, 1.54) is 16.3 Å². The van der Waals surface area contributed by atoms with Crippen molar-refractivity contribution in [2.75, 3.05) is 0 Å². The van der Waals surface area contributed by atoms with Gasteiger partial charge in [-0.3, -0.25) is 4.98 Å². The van der Waals surface area contributed by atoms with Gasteiger partial charge in [0.15, 0.2) is 0 Å². The molecule has 0 aliphatic heterocycles. The Morgan fingerprint density at radius 1 is 0.788 bits per heavy atom. The molecular weight excluding hydrogens is 402 g/mol. The number of rotatable bonds is 4. The molecular formula is C31H31NO. The van der Waals surface area contributed by atoms with E-state index in [0.717, 1.165) is 45.5 Å². The summed E-state index contributed by atoms with van der Waals surface area (Å²) in [7, 11) is 0. The highest BCUT2D eigenvalue weighted by atomic mass is 16.3. The van der Waals surface area contributed by atoms with Crippen LogP contribution in [0.25, 0.3) is 44.1 Å². The third-order valence-electron chi connectivity index (χ3n) is 6.24. The summed E-state index contributed by atoms with van der Waals surface area (Å²) >= 11 is 0. The molecule has 0 saturated carbocycles. The lowest BCUT2D eigenvalue weighted by atomic mass is 9.82. The SMILES string of the molecule is CC(C)Cc1cc2ccc(-c3ccnc(-c4cc(C(C)(C)C)c5ccccc5c4)c3)cc2o1. The summed E-state index contributed by atoms with van der Waals surface area (Å²) < 4.78 is 6.14. The number of aromatic nitrogens is 1. The van der Waals surface area contributed by atoms with Crippen molar-refractivity contribution in [3.05, 3.63) is 90.3 Å². The second-order valence-corrected chi connectivity index (χ2v) is 10.5. The Hall–Kier alpha value is -3.39. The van der Waals surface area contributed by atoms with Crippen LogP contribution in [0, 0.1) is 5.92 Å². The van der Waals surface area contributed by atoms with Crippen molar-refractivity contribution in [1.82, 2.24) is 4.98 Å². The van der Waals surface area contributed by atoms with Crippen LogP contribution in [0.3, 0.4) is 0 Å². The molecule has 0 atom stereocenters. The Bertz CT molecular complexity index is 1450. The first-order valence-electron chi connectivity index (χ1n) is 11.8. The van der Waals surface area contributed by atoms with Gasteiger partial charge in [0.25, 0.3) is 0 Å². The molecule has 2 heterocycles. The van der Waals surface area contributed by atoms with Crippen LogP contribution < -0.4 is 0 Å². The molecule has 0 spiro atoms. The molecule has 2 aromatic heterocycles. The summed E-state index contributed by atoms with van der Waals surface area (Å²) in [4.78, 5) is 4.74. The Morgan fingerprint density at radius 2 is 1.58 bits per heavy atom. The molecule has 5 rings (SSSR count). The van der Waals surface area contributed by atoms with Crippen molar-refractivity contribution >= 4 is 21.7 Å². The van der Waals surface area contributed by atoms with Gasteiger partial charge in [-0.2, -0.15) is 0 Å². The maximum absolute atomic E-state index is 6.14. The van der Waals surface area contributed by atoms with Gasteiger partial charge in [0.2, 0.25) is 0 Å². The molecule has 5 aromatic rings. The van der Waals surface area contributed by atoms with E-state index in [1.54, 1.807) is 0 Å². The van der Waals surface area contributed by atoms with Crippen LogP contribution in [0.15, 0.2) is 83.4 Å². The van der Waals surface area contributed by atoms with Crippen LogP contribution in [0.4, 0.5) is 0 Å². The van der Waals surface area contributed by atoms with Gasteiger partial charge in [0.05, 0.1) is 5.69 Å². The molecule has 2 nitrogen and oxygen atoms in total. The average Bonchev–Trinajstić information content (AvgIpc) is 3.18. The van der Waals surface area contributed by atoms with E-state index < -0.39 is 0 Å². The highest BCUT2D eigenvalue weighted by Gasteiger charge is 2.18. The first-order valence-corrected chi connectivity index (χ1v) is 11.8. The molecule has 0 aliphatic rings. The Morgan fingerprint density at radius 3 is 2.36 bits per heavy atom. The van der Waals surface area contributed by atoms with Crippen LogP contribution in [-0.4, -0.2) is 4.98 Å². The summed E-state index contributed by atoms with van der Waals surface area (Å²) in [6.45, 7) is 11.3. The lowest BCUT2D eigenvalue weighted by molar-refractivity contribution is 0.500. The highest BCUT2D eigenvalue weighted by Crippen LogP contribution is 2.35. The van der Waals surface area contributed by atoms with E-state index in [4.69, 9.17) is 9.40 Å². The summed E-state index contributed by atoms with van der Waals surface area (Å²) in [6.07, 6.45) is 2.87. The second-order valence-electron chi connectivity index (χ2n) is 10.5. The van der Waals surface area contributed by atoms with E-state index in [1.807, 2.05) is 6.20 Å². The summed E-state index contributed by atoms with van der Waals surface area (Å²) in [5, 5.41) is 3.72. The fraction of sp³-hybridized carbons (Fsp3) is 0.258. The van der Waals surface area contributed by atoms with Gasteiger partial charge in [-0.25, -0.2) is 0 Å². The molecule has 0 bridgehead atoms. The minimum atomic E-state index is 0.0469. The minimum Gasteiger partial charge on any atom is -0.461 e. The fourth-order valence-corrected chi connectivity index (χ4v) is 4.62. The van der Waals surface area contributed by atoms with E-state index in [0.29, 0.717) is 5.92 Å². The van der Waals surface area contributed by atoms with Crippen LogP contribution in [0.2, 0.25) is 0 Å². The first-order chi connectivity index (χ1) is 15.8. The molecule has 0 amide bonds. The maximum atomic E-state index is 6.14. The molecule has 166 valence electrons. The lowest BCUT2D eigenvalue weighted by Crippen LogP contribution is -2.12. The first kappa shape index (κ1) is 21.5. The molecule has 0 fully saturated rings. The molecule has 33 heavy (non-hydrogen) atoms. The number of fused-ring (bicyclic) bond motifs is 2. The minimum absolute atomic E-state index is 0.0469. The number of pyridine rings is 1. The monoisotopic (exact) mass is 433 g/mol. The van der Waals surface area contributed by atoms with E-state index in [2.05, 4.69) is 107 Å². The third-order valence-corrected chi connectivity index (χ3v) is 6.24. The average molecular weight is 434 g/mol. The van der Waals surface area contributed by atoms with Crippen LogP contribution in [0.1, 0.15) is 45.9 Å². The van der Waals surface area contributed by atoms with Crippen molar-refractivity contribution in [2.24, 2.45) is 5.92 Å². The predicted molar refractivity (Wildman–Crippen MR) is 140 cm³/mol. The topological polar surface area (TPSA) is 26.0 Å². The maximum Gasteiger partial charge on any atom is 0.134 e. The Balaban J connectivity index is 1.58. The van der Waals surface area contributed by atoms with Crippen molar-refractivity contribution < 1.29 is 4.42 Å². The standard InChI is InChI=1S/C31H31NO/c1-20(2)14-26-16-24-11-10-21(19-30(24)33-26)22-12-13-32-29(18-22)25-15-23-8-6-7-9-27(23)28(17-25)31(3,4)5/h6-13,15-20H,14H2,1-5H3. The van der Waals surface area contributed by atoms with Gasteiger partial charge >= 0.3 is 0 Å². The molecule has 0 N–H and O–H groups in total. The zero-order valence-electron chi connectivity index (χ0n) is 20.1. The normalized spacial score (nSPS) is 12.2. The van der Waals surface area contributed by atoms with Crippen molar-refractivity contribution in [3.63, 3.8) is 0 Å². The lowest BCUT2D eigenvalue weighted by Gasteiger charge is -2.22. The van der Waals surface area contributed by atoms with Gasteiger partial charge in [-0.15, -0.1) is 0 Å². The van der Waals surface area contributed by atoms with E-state index in [9.17, 15) is 0 Å². The molecule has 3 aromatic carbocycles. The second kappa shape index (κ2) is 8.19. The summed E-state index contributed by atoms with van der Waals surface area (Å²) in [5.74, 6) is 1.63. The van der Waals surface area contributed by atoms with Gasteiger partial charge in [0.1, 0.15) is 11.3 Å². The number of furan rings is 1. The third kappa shape index (κ3) is 4.30. The number of nitrogens with zero attached hydrogens (tertiary/aromatic N) is 1. The summed E-state index contributed by atoms with van der Waals surface area (Å²) in [6, 6.07) is 26.1. The van der Waals surface area contributed by atoms with Crippen molar-refractivity contribution in [2.45, 2.75) is 46.5 Å². The summed E-state index contributed by atoms with van der Waals surface area (Å²) in [5.41, 5.74) is 6.77. The zero-order chi connectivity index (χ0) is 23.2. The smallest absolute Gasteiger partial charge is 0.134 e. The fourth-order valence-electron chi connectivity index (χ4n) is 4.62. The Labute approximate surface area is 196 Å². The van der Waals surface area contributed by atoms with Gasteiger partial charge in [0, 0.05) is 23.6 Å². The Kier molecular flexibility index (Phi) is 5.32. The van der Waals surface area contributed by atoms with Gasteiger partial charge in [-0.05, 0) is 75.2 Å². The number of hydrogen-bond donors (Lipinski definition) is 0. The van der Waals surface area contributed by atoms with Crippen LogP contribution >= 0.6 is 0 Å². The van der Waals surface area contributed by atoms with Gasteiger partial charge in [-0.1, -0.05) is 71.0 Å². The quantitative estimate of drug-likeness (QED) is 0.283. The molecule has 0 radical (unpaired) electrons. The molecule has 0 saturated heterocycles. The predicted octanol–water partition coefficient (Wildman–Crippen LogP) is 8.81. The molecule has 0 aliphatic carbocycles. The van der Waals surface area contributed by atoms with Crippen molar-refractivity contribution in [3.8, 4) is 22.4 Å². The molecule has 2 heteroatoms. The van der Waals surface area contributed by atoms with Crippen LogP contribution in [-0.2, 0) is 11.8 Å². The van der Waals surface area contributed by atoms with Gasteiger partial charge < -0.3 is 4.42 Å².